The van der Waals surface area contributed by atoms with Gasteiger partial charge in [0.1, 0.15) is 12.0 Å². The van der Waals surface area contributed by atoms with Crippen molar-refractivity contribution >= 4 is 33.1 Å². The standard InChI is InChI=1S/C24H25N5O5S/c1-17-3-4-18(2)22(15-17)35(33,34)26-20-7-5-19(6-8-20)24(30)28-13-11-27(12-14-28)23-10-9-21(16-25-23)29(31)32/h3-10,15-16,26H,11-14H2,1-2H3. The van der Waals surface area contributed by atoms with Crippen LogP contribution in [0.5, 0.6) is 0 Å². The van der Waals surface area contributed by atoms with E-state index in [0.717, 1.165) is 5.56 Å². The van der Waals surface area contributed by atoms with Gasteiger partial charge in [0.25, 0.3) is 21.6 Å². The van der Waals surface area contributed by atoms with Gasteiger partial charge in [-0.25, -0.2) is 13.4 Å². The Hall–Kier alpha value is -3.99. The summed E-state index contributed by atoms with van der Waals surface area (Å²) in [7, 11) is -3.75. The Balaban J connectivity index is 1.38. The lowest BCUT2D eigenvalue weighted by atomic mass is 10.1. The number of nitrogens with zero attached hydrogens (tertiary/aromatic N) is 4. The number of pyridine rings is 1. The molecule has 0 atom stereocenters. The van der Waals surface area contributed by atoms with Crippen LogP contribution in [0, 0.1) is 24.0 Å². The average molecular weight is 496 g/mol. The Morgan fingerprint density at radius 1 is 1.00 bits per heavy atom. The van der Waals surface area contributed by atoms with Gasteiger partial charge < -0.3 is 9.80 Å². The van der Waals surface area contributed by atoms with Gasteiger partial charge >= 0.3 is 0 Å². The van der Waals surface area contributed by atoms with E-state index < -0.39 is 14.9 Å². The molecule has 2 aromatic carbocycles. The van der Waals surface area contributed by atoms with Crippen LogP contribution in [0.3, 0.4) is 0 Å². The molecule has 0 spiro atoms. The van der Waals surface area contributed by atoms with Gasteiger partial charge in [0.15, 0.2) is 0 Å². The van der Waals surface area contributed by atoms with E-state index in [2.05, 4.69) is 9.71 Å². The maximum Gasteiger partial charge on any atom is 0.287 e. The van der Waals surface area contributed by atoms with Gasteiger partial charge in [-0.05, 0) is 61.4 Å². The van der Waals surface area contributed by atoms with Gasteiger partial charge in [-0.3, -0.25) is 19.6 Å². The summed E-state index contributed by atoms with van der Waals surface area (Å²) >= 11 is 0. The van der Waals surface area contributed by atoms with E-state index in [1.807, 2.05) is 17.9 Å². The number of aromatic nitrogens is 1. The summed E-state index contributed by atoms with van der Waals surface area (Å²) in [5, 5.41) is 10.8. The molecule has 0 radical (unpaired) electrons. The van der Waals surface area contributed by atoms with Gasteiger partial charge in [-0.15, -0.1) is 0 Å². The summed E-state index contributed by atoms with van der Waals surface area (Å²) in [6.07, 6.45) is 1.23. The molecule has 3 aromatic rings. The van der Waals surface area contributed by atoms with Crippen molar-refractivity contribution in [3.05, 3.63) is 87.6 Å². The number of benzene rings is 2. The molecule has 4 rings (SSSR count). The number of carbonyl (C=O) groups is 1. The molecule has 1 fully saturated rings. The highest BCUT2D eigenvalue weighted by Crippen LogP contribution is 2.22. The Bertz CT molecular complexity index is 1350. The van der Waals surface area contributed by atoms with Crippen molar-refractivity contribution in [1.82, 2.24) is 9.88 Å². The molecule has 0 aliphatic carbocycles. The highest BCUT2D eigenvalue weighted by atomic mass is 32.2. The van der Waals surface area contributed by atoms with Crippen LogP contribution < -0.4 is 9.62 Å². The van der Waals surface area contributed by atoms with Crippen molar-refractivity contribution in [3.8, 4) is 0 Å². The first-order chi connectivity index (χ1) is 16.6. The molecular formula is C24H25N5O5S. The zero-order chi connectivity index (χ0) is 25.2. The normalized spacial score (nSPS) is 14.0. The maximum absolute atomic E-state index is 12.9. The Labute approximate surface area is 203 Å². The number of carbonyl (C=O) groups excluding carboxylic acids is 1. The number of rotatable bonds is 6. The lowest BCUT2D eigenvalue weighted by molar-refractivity contribution is -0.385. The van der Waals surface area contributed by atoms with E-state index >= 15 is 0 Å². The number of nitro groups is 1. The molecule has 1 aliphatic rings. The van der Waals surface area contributed by atoms with Crippen LogP contribution in [0.1, 0.15) is 21.5 Å². The van der Waals surface area contributed by atoms with E-state index in [4.69, 9.17) is 0 Å². The fraction of sp³-hybridized carbons (Fsp3) is 0.250. The van der Waals surface area contributed by atoms with Crippen LogP contribution in [-0.4, -0.2) is 55.3 Å². The van der Waals surface area contributed by atoms with Gasteiger partial charge in [0.05, 0.1) is 9.82 Å². The first-order valence-electron chi connectivity index (χ1n) is 11.0. The van der Waals surface area contributed by atoms with Crippen LogP contribution in [0.4, 0.5) is 17.2 Å². The molecule has 0 bridgehead atoms. The Kier molecular flexibility index (Phi) is 6.70. The first kappa shape index (κ1) is 24.1. The molecule has 35 heavy (non-hydrogen) atoms. The average Bonchev–Trinajstić information content (AvgIpc) is 2.85. The molecule has 0 saturated carbocycles. The van der Waals surface area contributed by atoms with Gasteiger partial charge in [0.2, 0.25) is 0 Å². The maximum atomic E-state index is 12.9. The predicted octanol–water partition coefficient (Wildman–Crippen LogP) is 3.37. The van der Waals surface area contributed by atoms with Crippen LogP contribution in [-0.2, 0) is 10.0 Å². The molecule has 11 heteroatoms. The minimum atomic E-state index is -3.75. The minimum Gasteiger partial charge on any atom is -0.353 e. The molecule has 10 nitrogen and oxygen atoms in total. The van der Waals surface area contributed by atoms with Crippen molar-refractivity contribution in [1.29, 1.82) is 0 Å². The molecule has 1 N–H and O–H groups in total. The van der Waals surface area contributed by atoms with Crippen molar-refractivity contribution in [2.45, 2.75) is 18.7 Å². The second-order valence-corrected chi connectivity index (χ2v) is 10.0. The number of sulfonamides is 1. The quantitative estimate of drug-likeness (QED) is 0.410. The lowest BCUT2D eigenvalue weighted by Gasteiger charge is -2.35. The van der Waals surface area contributed by atoms with Crippen LogP contribution in [0.2, 0.25) is 0 Å². The summed E-state index contributed by atoms with van der Waals surface area (Å²) in [5.41, 5.74) is 2.26. The number of aryl methyl sites for hydroxylation is 2. The van der Waals surface area contributed by atoms with Gasteiger partial charge in [-0.1, -0.05) is 12.1 Å². The molecule has 2 heterocycles. The summed E-state index contributed by atoms with van der Waals surface area (Å²) in [4.78, 5) is 31.3. The summed E-state index contributed by atoms with van der Waals surface area (Å²) in [5.74, 6) is 0.480. The van der Waals surface area contributed by atoms with Crippen LogP contribution in [0.25, 0.3) is 0 Å². The van der Waals surface area contributed by atoms with Crippen molar-refractivity contribution < 1.29 is 18.1 Å². The lowest BCUT2D eigenvalue weighted by Crippen LogP contribution is -2.49. The summed E-state index contributed by atoms with van der Waals surface area (Å²) < 4.78 is 28.2. The van der Waals surface area contributed by atoms with Gasteiger partial charge in [-0.2, -0.15) is 0 Å². The van der Waals surface area contributed by atoms with Crippen molar-refractivity contribution in [3.63, 3.8) is 0 Å². The second-order valence-electron chi connectivity index (χ2n) is 8.36. The fourth-order valence-electron chi connectivity index (χ4n) is 3.88. The fourth-order valence-corrected chi connectivity index (χ4v) is 5.27. The number of anilines is 2. The zero-order valence-electron chi connectivity index (χ0n) is 19.3. The molecule has 0 unspecified atom stereocenters. The van der Waals surface area contributed by atoms with Gasteiger partial charge in [0, 0.05) is 43.5 Å². The highest BCUT2D eigenvalue weighted by molar-refractivity contribution is 7.92. The van der Waals surface area contributed by atoms with E-state index in [9.17, 15) is 23.3 Å². The van der Waals surface area contributed by atoms with Crippen molar-refractivity contribution in [2.75, 3.05) is 35.8 Å². The largest absolute Gasteiger partial charge is 0.353 e. The SMILES string of the molecule is Cc1ccc(C)c(S(=O)(=O)Nc2ccc(C(=O)N3CCN(c4ccc([N+](=O)[O-])cn4)CC3)cc2)c1. The second kappa shape index (κ2) is 9.71. The third-order valence-electron chi connectivity index (χ3n) is 5.85. The van der Waals surface area contributed by atoms with Crippen molar-refractivity contribution in [2.24, 2.45) is 0 Å². The van der Waals surface area contributed by atoms with E-state index in [0.29, 0.717) is 48.8 Å². The molecular weight excluding hydrogens is 470 g/mol. The highest BCUT2D eigenvalue weighted by Gasteiger charge is 2.24. The van der Waals surface area contributed by atoms with E-state index in [1.165, 1.54) is 12.3 Å². The number of hydrogen-bond acceptors (Lipinski definition) is 7. The monoisotopic (exact) mass is 495 g/mol. The molecule has 1 aliphatic heterocycles. The third kappa shape index (κ3) is 5.40. The van der Waals surface area contributed by atoms with E-state index in [-0.39, 0.29) is 16.5 Å². The van der Waals surface area contributed by atoms with E-state index in [1.54, 1.807) is 54.3 Å². The number of nitrogens with one attached hydrogen (secondary N) is 1. The molecule has 1 amide bonds. The number of amides is 1. The smallest absolute Gasteiger partial charge is 0.287 e. The molecule has 1 saturated heterocycles. The zero-order valence-corrected chi connectivity index (χ0v) is 20.2. The van der Waals surface area contributed by atoms with Crippen LogP contribution in [0.15, 0.2) is 65.7 Å². The summed E-state index contributed by atoms with van der Waals surface area (Å²) in [6.45, 7) is 5.61. The topological polar surface area (TPSA) is 126 Å². The summed E-state index contributed by atoms with van der Waals surface area (Å²) in [6, 6.07) is 14.6. The molecule has 1 aromatic heterocycles. The number of hydrogen-bond donors (Lipinski definition) is 1. The Morgan fingerprint density at radius 3 is 2.29 bits per heavy atom. The first-order valence-corrected chi connectivity index (χ1v) is 12.5. The minimum absolute atomic E-state index is 0.0673. The number of piperazine rings is 1. The third-order valence-corrected chi connectivity index (χ3v) is 7.37. The Morgan fingerprint density at radius 2 is 1.69 bits per heavy atom. The molecule has 182 valence electrons. The predicted molar refractivity (Wildman–Crippen MR) is 132 cm³/mol. The van der Waals surface area contributed by atoms with Crippen LogP contribution >= 0.6 is 0 Å².